The van der Waals surface area contributed by atoms with E-state index in [0.29, 0.717) is 4.90 Å². The molecule has 2 rings (SSSR count). The first-order valence-corrected chi connectivity index (χ1v) is 6.05. The highest BCUT2D eigenvalue weighted by Gasteiger charge is 2.68. The van der Waals surface area contributed by atoms with Gasteiger partial charge in [0.2, 0.25) is 6.23 Å². The summed E-state index contributed by atoms with van der Waals surface area (Å²) in [5.41, 5.74) is 3.45. The molecule has 0 spiro atoms. The Balaban J connectivity index is 2.34. The van der Waals surface area contributed by atoms with Crippen molar-refractivity contribution in [2.75, 3.05) is 13.2 Å². The normalized spacial score (nSPS) is 40.0. The summed E-state index contributed by atoms with van der Waals surface area (Å²) in [7, 11) is 0. The van der Waals surface area contributed by atoms with Crippen LogP contribution in [0.4, 0.5) is 13.6 Å². The lowest BCUT2D eigenvalue weighted by molar-refractivity contribution is -0.158. The Kier molecular flexibility index (Phi) is 3.71. The van der Waals surface area contributed by atoms with Crippen LogP contribution < -0.4 is 11.1 Å². The van der Waals surface area contributed by atoms with Gasteiger partial charge in [-0.05, 0) is 13.0 Å². The molecule has 9 heteroatoms. The number of amides is 2. The Morgan fingerprint density at radius 2 is 2.20 bits per heavy atom. The van der Waals surface area contributed by atoms with Crippen LogP contribution in [-0.2, 0) is 4.74 Å². The Bertz CT molecular complexity index is 434. The molecule has 0 bridgehead atoms. The minimum atomic E-state index is -3.54. The predicted molar refractivity (Wildman–Crippen MR) is 63.4 cm³/mol. The summed E-state index contributed by atoms with van der Waals surface area (Å²) in [6.45, 7) is -0.479. The minimum absolute atomic E-state index is 0.674. The van der Waals surface area contributed by atoms with Crippen LogP contribution in [0.15, 0.2) is 12.3 Å². The molecule has 20 heavy (non-hydrogen) atoms. The maximum Gasteiger partial charge on any atom is 0.325 e. The molecule has 1 fully saturated rings. The number of nitrogens with zero attached hydrogens (tertiary/aromatic N) is 1. The molecule has 2 aliphatic rings. The lowest BCUT2D eigenvalue weighted by Gasteiger charge is -2.36. The highest BCUT2D eigenvalue weighted by Crippen LogP contribution is 2.51. The Hall–Kier alpha value is -1.29. The number of carbonyl (C=O) groups is 1. The number of carbonyl (C=O) groups excluding carboxylic acids is 1. The van der Waals surface area contributed by atoms with E-state index in [1.165, 1.54) is 6.08 Å². The van der Waals surface area contributed by atoms with E-state index in [1.807, 2.05) is 0 Å². The van der Waals surface area contributed by atoms with E-state index in [1.54, 1.807) is 0 Å². The number of urea groups is 1. The first-order valence-electron chi connectivity index (χ1n) is 6.05. The fourth-order valence-electron chi connectivity index (χ4n) is 2.28. The van der Waals surface area contributed by atoms with Crippen LogP contribution in [0.1, 0.15) is 6.92 Å². The smallest absolute Gasteiger partial charge is 0.325 e. The Morgan fingerprint density at radius 1 is 1.55 bits per heavy atom. The molecule has 2 heterocycles. The molecule has 0 radical (unpaired) electrons. The van der Waals surface area contributed by atoms with Gasteiger partial charge in [0.1, 0.15) is 0 Å². The third kappa shape index (κ3) is 1.97. The van der Waals surface area contributed by atoms with Crippen LogP contribution in [0.2, 0.25) is 0 Å². The maximum atomic E-state index is 14.5. The van der Waals surface area contributed by atoms with Gasteiger partial charge in [0.15, 0.2) is 0 Å². The first kappa shape index (κ1) is 15.1. The average Bonchev–Trinajstić information content (AvgIpc) is 2.59. The number of halogens is 2. The predicted octanol–water partition coefficient (Wildman–Crippen LogP) is -0.839. The molecule has 0 saturated carbocycles. The highest BCUT2D eigenvalue weighted by molar-refractivity contribution is 5.77. The van der Waals surface area contributed by atoms with E-state index >= 15 is 0 Å². The van der Waals surface area contributed by atoms with Crippen LogP contribution in [0.25, 0.3) is 0 Å². The molecule has 4 atom stereocenters. The number of aliphatic hydroxyl groups excluding tert-OH is 2. The van der Waals surface area contributed by atoms with Gasteiger partial charge in [0, 0.05) is 6.20 Å². The minimum Gasteiger partial charge on any atom is -0.395 e. The number of nitrogens with two attached hydrogens (primary N) is 1. The summed E-state index contributed by atoms with van der Waals surface area (Å²) in [4.78, 5) is 12.4. The molecule has 0 aliphatic carbocycles. The third-order valence-corrected chi connectivity index (χ3v) is 3.80. The number of rotatable bonds is 3. The van der Waals surface area contributed by atoms with Crippen molar-refractivity contribution in [2.45, 2.75) is 31.3 Å². The van der Waals surface area contributed by atoms with Crippen LogP contribution >= 0.6 is 0 Å². The van der Waals surface area contributed by atoms with Crippen molar-refractivity contribution < 1.29 is 28.5 Å². The summed E-state index contributed by atoms with van der Waals surface area (Å²) in [5, 5.41) is 20.7. The van der Waals surface area contributed by atoms with E-state index in [2.05, 4.69) is 5.32 Å². The maximum absolute atomic E-state index is 14.5. The van der Waals surface area contributed by atoms with Gasteiger partial charge in [0.25, 0.3) is 0 Å². The standard InChI is InChI=1S/C11H17F2N3O4/c1-10(5-18)6(4-17)20-8(11(10,12)13)16-3-2-7(14)15-9(16)19/h2-3,6-8,17-18H,4-5,14H2,1H3,(H,15,19)/t6-,7?,8-,10-/m1/s1. The van der Waals surface area contributed by atoms with Gasteiger partial charge in [-0.2, -0.15) is 0 Å². The Morgan fingerprint density at radius 3 is 2.65 bits per heavy atom. The topological polar surface area (TPSA) is 108 Å². The second-order valence-electron chi connectivity index (χ2n) is 5.08. The number of nitrogens with one attached hydrogen (secondary N) is 1. The van der Waals surface area contributed by atoms with E-state index in [0.717, 1.165) is 13.1 Å². The molecule has 7 nitrogen and oxygen atoms in total. The van der Waals surface area contributed by atoms with Gasteiger partial charge in [0.05, 0.1) is 30.9 Å². The zero-order valence-electron chi connectivity index (χ0n) is 10.8. The molecule has 5 N–H and O–H groups in total. The van der Waals surface area contributed by atoms with Crippen LogP contribution in [0, 0.1) is 5.41 Å². The fraction of sp³-hybridized carbons (Fsp3) is 0.727. The lowest BCUT2D eigenvalue weighted by atomic mass is 9.80. The van der Waals surface area contributed by atoms with Crippen molar-refractivity contribution in [1.82, 2.24) is 10.2 Å². The number of hydrogen-bond donors (Lipinski definition) is 4. The number of hydrogen-bond acceptors (Lipinski definition) is 5. The SMILES string of the molecule is C[C@@]1(CO)[C@@H](CO)O[C@@H](N2C=CC(N)NC2=O)C1(F)F. The number of ether oxygens (including phenoxy) is 1. The monoisotopic (exact) mass is 293 g/mol. The summed E-state index contributed by atoms with van der Waals surface area (Å²) in [5.74, 6) is -3.54. The van der Waals surface area contributed by atoms with E-state index < -0.39 is 49.1 Å². The fourth-order valence-corrected chi connectivity index (χ4v) is 2.28. The van der Waals surface area contributed by atoms with Crippen molar-refractivity contribution in [3.63, 3.8) is 0 Å². The summed E-state index contributed by atoms with van der Waals surface area (Å²) in [6, 6.07) is -0.830. The van der Waals surface area contributed by atoms with Crippen molar-refractivity contribution in [2.24, 2.45) is 11.1 Å². The second kappa shape index (κ2) is 4.92. The molecular weight excluding hydrogens is 276 g/mol. The van der Waals surface area contributed by atoms with Gasteiger partial charge >= 0.3 is 12.0 Å². The quantitative estimate of drug-likeness (QED) is 0.543. The molecule has 0 aromatic heterocycles. The molecule has 1 unspecified atom stereocenters. The molecule has 1 saturated heterocycles. The van der Waals surface area contributed by atoms with Crippen LogP contribution in [0.5, 0.6) is 0 Å². The third-order valence-electron chi connectivity index (χ3n) is 3.80. The second-order valence-corrected chi connectivity index (χ2v) is 5.08. The van der Waals surface area contributed by atoms with E-state index in [4.69, 9.17) is 15.6 Å². The zero-order valence-corrected chi connectivity index (χ0v) is 10.8. The highest BCUT2D eigenvalue weighted by atomic mass is 19.3. The van der Waals surface area contributed by atoms with Gasteiger partial charge < -0.3 is 26.0 Å². The van der Waals surface area contributed by atoms with Gasteiger partial charge in [-0.1, -0.05) is 0 Å². The van der Waals surface area contributed by atoms with Gasteiger partial charge in [-0.3, -0.25) is 4.90 Å². The summed E-state index contributed by atoms with van der Waals surface area (Å²) >= 11 is 0. The van der Waals surface area contributed by atoms with Crippen molar-refractivity contribution in [1.29, 1.82) is 0 Å². The molecule has 0 aromatic rings. The van der Waals surface area contributed by atoms with Crippen molar-refractivity contribution in [3.8, 4) is 0 Å². The molecule has 0 aromatic carbocycles. The largest absolute Gasteiger partial charge is 0.395 e. The average molecular weight is 293 g/mol. The number of aliphatic hydroxyl groups is 2. The lowest BCUT2D eigenvalue weighted by Crippen LogP contribution is -2.58. The van der Waals surface area contributed by atoms with Gasteiger partial charge in [-0.15, -0.1) is 0 Å². The summed E-state index contributed by atoms with van der Waals surface area (Å²) in [6.07, 6.45) is -1.53. The van der Waals surface area contributed by atoms with E-state index in [9.17, 15) is 18.7 Å². The molecule has 2 amide bonds. The molecular formula is C11H17F2N3O4. The first-order chi connectivity index (χ1) is 9.27. The van der Waals surface area contributed by atoms with Crippen molar-refractivity contribution >= 4 is 6.03 Å². The van der Waals surface area contributed by atoms with Crippen LogP contribution in [-0.4, -0.2) is 58.8 Å². The molecule has 114 valence electrons. The molecule has 2 aliphatic heterocycles. The zero-order chi connectivity index (χ0) is 15.1. The Labute approximate surface area is 114 Å². The van der Waals surface area contributed by atoms with Crippen molar-refractivity contribution in [3.05, 3.63) is 12.3 Å². The van der Waals surface area contributed by atoms with E-state index in [-0.39, 0.29) is 0 Å². The number of alkyl halides is 2. The van der Waals surface area contributed by atoms with Gasteiger partial charge in [-0.25, -0.2) is 13.6 Å². The van der Waals surface area contributed by atoms with Crippen LogP contribution in [0.3, 0.4) is 0 Å². The summed E-state index contributed by atoms with van der Waals surface area (Å²) < 4.78 is 34.0.